The minimum atomic E-state index is -0.687. The molecule has 0 unspecified atom stereocenters. The smallest absolute Gasteiger partial charge is 0.345 e. The van der Waals surface area contributed by atoms with E-state index in [1.165, 1.54) is 7.11 Å². The third-order valence-corrected chi connectivity index (χ3v) is 0.806. The second kappa shape index (κ2) is 4.98. The number of aliphatic hydroxyl groups is 2. The number of rotatable bonds is 3. The maximum atomic E-state index is 10.6. The molecular formula is C4H10N2O4. The highest BCUT2D eigenvalue weighted by Crippen LogP contribution is 1.84. The number of hydroxylamine groups is 2. The van der Waals surface area contributed by atoms with Crippen molar-refractivity contribution in [3.63, 3.8) is 0 Å². The summed E-state index contributed by atoms with van der Waals surface area (Å²) >= 11 is 0. The number of urea groups is 1. The molecule has 0 rings (SSSR count). The van der Waals surface area contributed by atoms with Crippen molar-refractivity contribution >= 4 is 6.03 Å². The first kappa shape index (κ1) is 9.15. The van der Waals surface area contributed by atoms with Gasteiger partial charge in [0.15, 0.2) is 0 Å². The van der Waals surface area contributed by atoms with Gasteiger partial charge in [-0.05, 0) is 0 Å². The summed E-state index contributed by atoms with van der Waals surface area (Å²) in [7, 11) is 1.23. The molecule has 6 heteroatoms. The van der Waals surface area contributed by atoms with E-state index in [0.717, 1.165) is 0 Å². The van der Waals surface area contributed by atoms with Crippen molar-refractivity contribution in [3.05, 3.63) is 0 Å². The topological polar surface area (TPSA) is 82.0 Å². The van der Waals surface area contributed by atoms with Crippen LogP contribution in [0, 0.1) is 0 Å². The molecule has 60 valence electrons. The van der Waals surface area contributed by atoms with Gasteiger partial charge in [0, 0.05) is 0 Å². The van der Waals surface area contributed by atoms with Crippen molar-refractivity contribution in [2.24, 2.45) is 0 Å². The van der Waals surface area contributed by atoms with Gasteiger partial charge in [0.1, 0.15) is 13.5 Å². The number of nitrogens with one attached hydrogen (secondary N) is 1. The fourth-order valence-electron chi connectivity index (χ4n) is 0.361. The number of amides is 2. The molecule has 10 heavy (non-hydrogen) atoms. The number of hydrogen-bond acceptors (Lipinski definition) is 4. The van der Waals surface area contributed by atoms with Crippen LogP contribution in [0.1, 0.15) is 0 Å². The zero-order valence-electron chi connectivity index (χ0n) is 5.57. The van der Waals surface area contributed by atoms with Gasteiger partial charge in [-0.1, -0.05) is 0 Å². The molecular weight excluding hydrogens is 140 g/mol. The summed E-state index contributed by atoms with van der Waals surface area (Å²) in [4.78, 5) is 14.9. The highest BCUT2D eigenvalue weighted by atomic mass is 16.7. The van der Waals surface area contributed by atoms with Crippen LogP contribution in [-0.2, 0) is 4.84 Å². The first-order chi connectivity index (χ1) is 4.76. The lowest BCUT2D eigenvalue weighted by Gasteiger charge is -2.15. The monoisotopic (exact) mass is 150 g/mol. The number of carbonyl (C=O) groups excluding carboxylic acids is 1. The molecule has 0 fully saturated rings. The highest BCUT2D eigenvalue weighted by Gasteiger charge is 2.08. The number of nitrogens with zero attached hydrogens (tertiary/aromatic N) is 1. The first-order valence-electron chi connectivity index (χ1n) is 2.57. The van der Waals surface area contributed by atoms with E-state index in [1.54, 1.807) is 0 Å². The molecule has 0 aliphatic carbocycles. The third kappa shape index (κ3) is 2.62. The van der Waals surface area contributed by atoms with Gasteiger partial charge in [-0.25, -0.2) is 4.79 Å². The number of hydrogen-bond donors (Lipinski definition) is 3. The predicted molar refractivity (Wildman–Crippen MR) is 31.6 cm³/mol. The minimum Gasteiger partial charge on any atom is -0.376 e. The molecule has 0 spiro atoms. The Labute approximate surface area is 58.0 Å². The van der Waals surface area contributed by atoms with Crippen LogP contribution in [0.5, 0.6) is 0 Å². The van der Waals surface area contributed by atoms with Crippen LogP contribution in [0.15, 0.2) is 0 Å². The predicted octanol–water partition coefficient (Wildman–Crippen LogP) is -1.54. The van der Waals surface area contributed by atoms with Crippen molar-refractivity contribution in [1.29, 1.82) is 0 Å². The zero-order valence-corrected chi connectivity index (χ0v) is 5.57. The van der Waals surface area contributed by atoms with Gasteiger partial charge in [0.05, 0.1) is 7.11 Å². The Balaban J connectivity index is 3.65. The van der Waals surface area contributed by atoms with Crippen LogP contribution in [0.3, 0.4) is 0 Å². The van der Waals surface area contributed by atoms with E-state index < -0.39 is 19.5 Å². The maximum Gasteiger partial charge on any atom is 0.345 e. The van der Waals surface area contributed by atoms with E-state index in [9.17, 15) is 4.79 Å². The maximum absolute atomic E-state index is 10.6. The fourth-order valence-corrected chi connectivity index (χ4v) is 0.361. The minimum absolute atomic E-state index is 0.487. The zero-order chi connectivity index (χ0) is 7.98. The van der Waals surface area contributed by atoms with Crippen LogP contribution in [0.4, 0.5) is 4.79 Å². The molecule has 6 nitrogen and oxygen atoms in total. The second-order valence-corrected chi connectivity index (χ2v) is 1.34. The molecule has 0 aromatic heterocycles. The number of carbonyl (C=O) groups is 1. The van der Waals surface area contributed by atoms with Gasteiger partial charge in [-0.2, -0.15) is 5.06 Å². The summed E-state index contributed by atoms with van der Waals surface area (Å²) in [5.41, 5.74) is 0. The van der Waals surface area contributed by atoms with E-state index in [2.05, 4.69) is 4.84 Å². The van der Waals surface area contributed by atoms with Crippen LogP contribution in [0.2, 0.25) is 0 Å². The van der Waals surface area contributed by atoms with Crippen molar-refractivity contribution in [3.8, 4) is 0 Å². The molecule has 0 bridgehead atoms. The molecule has 0 saturated carbocycles. The van der Waals surface area contributed by atoms with Gasteiger partial charge in [-0.3, -0.25) is 4.84 Å². The lowest BCUT2D eigenvalue weighted by Crippen LogP contribution is -2.40. The average molecular weight is 150 g/mol. The number of aliphatic hydroxyl groups excluding tert-OH is 2. The quantitative estimate of drug-likeness (QED) is 0.336. The molecule has 0 aliphatic rings. The molecule has 0 aromatic carbocycles. The summed E-state index contributed by atoms with van der Waals surface area (Å²) in [5.74, 6) is 0. The van der Waals surface area contributed by atoms with Crippen molar-refractivity contribution in [2.75, 3.05) is 20.6 Å². The Morgan fingerprint density at radius 2 is 2.30 bits per heavy atom. The fraction of sp³-hybridized carbons (Fsp3) is 0.750. The van der Waals surface area contributed by atoms with E-state index >= 15 is 0 Å². The van der Waals surface area contributed by atoms with E-state index in [0.29, 0.717) is 5.06 Å². The van der Waals surface area contributed by atoms with Crippen molar-refractivity contribution in [1.82, 2.24) is 10.4 Å². The normalized spacial score (nSPS) is 9.10. The Hall–Kier alpha value is -0.850. The first-order valence-corrected chi connectivity index (χ1v) is 2.57. The molecule has 0 aliphatic heterocycles. The standard InChI is InChI=1S/C4H10N2O4/c1-10-6(3-8)4(9)5-2-7/h7-8H,2-3H2,1H3,(H,5,9). The van der Waals surface area contributed by atoms with Crippen molar-refractivity contribution < 1.29 is 19.8 Å². The van der Waals surface area contributed by atoms with Gasteiger partial charge < -0.3 is 15.5 Å². The van der Waals surface area contributed by atoms with E-state index in [-0.39, 0.29) is 0 Å². The van der Waals surface area contributed by atoms with Crippen LogP contribution in [0.25, 0.3) is 0 Å². The third-order valence-electron chi connectivity index (χ3n) is 0.806. The second-order valence-electron chi connectivity index (χ2n) is 1.34. The Bertz CT molecular complexity index is 103. The molecule has 0 heterocycles. The van der Waals surface area contributed by atoms with Gasteiger partial charge in [0.2, 0.25) is 0 Å². The SMILES string of the molecule is CON(CO)C(=O)NCO. The lowest BCUT2D eigenvalue weighted by atomic mass is 10.9. The van der Waals surface area contributed by atoms with Gasteiger partial charge in [0.25, 0.3) is 0 Å². The van der Waals surface area contributed by atoms with Crippen LogP contribution in [-0.4, -0.2) is 41.9 Å². The summed E-state index contributed by atoms with van der Waals surface area (Å²) in [6, 6.07) is -0.687. The van der Waals surface area contributed by atoms with E-state index in [1.807, 2.05) is 5.32 Å². The molecule has 2 amide bonds. The average Bonchev–Trinajstić information content (AvgIpc) is 1.91. The molecule has 0 saturated heterocycles. The molecule has 0 aromatic rings. The summed E-state index contributed by atoms with van der Waals surface area (Å²) in [5, 5.41) is 19.2. The van der Waals surface area contributed by atoms with Crippen molar-refractivity contribution in [2.45, 2.75) is 0 Å². The Morgan fingerprint density at radius 3 is 2.60 bits per heavy atom. The largest absolute Gasteiger partial charge is 0.376 e. The highest BCUT2D eigenvalue weighted by molar-refractivity contribution is 5.72. The molecule has 3 N–H and O–H groups in total. The lowest BCUT2D eigenvalue weighted by molar-refractivity contribution is -0.131. The van der Waals surface area contributed by atoms with Gasteiger partial charge in [-0.15, -0.1) is 0 Å². The van der Waals surface area contributed by atoms with Crippen LogP contribution >= 0.6 is 0 Å². The summed E-state index contributed by atoms with van der Waals surface area (Å²) in [6.45, 7) is -1.04. The van der Waals surface area contributed by atoms with Crippen LogP contribution < -0.4 is 5.32 Å². The Morgan fingerprint density at radius 1 is 1.70 bits per heavy atom. The molecule has 0 atom stereocenters. The van der Waals surface area contributed by atoms with E-state index in [4.69, 9.17) is 10.2 Å². The molecule has 0 radical (unpaired) electrons. The Kier molecular flexibility index (Phi) is 4.55. The summed E-state index contributed by atoms with van der Waals surface area (Å²) in [6.07, 6.45) is 0. The van der Waals surface area contributed by atoms with Gasteiger partial charge >= 0.3 is 6.03 Å². The summed E-state index contributed by atoms with van der Waals surface area (Å²) < 4.78 is 0.